The molecule has 1 saturated heterocycles. The number of carbonyl (C=O) groups excluding carboxylic acids is 1. The van der Waals surface area contributed by atoms with Crippen molar-refractivity contribution < 1.29 is 44.6 Å². The summed E-state index contributed by atoms with van der Waals surface area (Å²) in [6.07, 6.45) is -4.97. The first-order valence-corrected chi connectivity index (χ1v) is 14.2. The summed E-state index contributed by atoms with van der Waals surface area (Å²) < 4.78 is 71.3. The predicted molar refractivity (Wildman–Crippen MR) is 128 cm³/mol. The summed E-state index contributed by atoms with van der Waals surface area (Å²) in [5.74, 6) is -0.536. The van der Waals surface area contributed by atoms with E-state index in [1.807, 2.05) is 0 Å². The monoisotopic (exact) mass is 543 g/mol. The first-order chi connectivity index (χ1) is 16.9. The number of ether oxygens (including phenoxy) is 2. The molecule has 13 heteroatoms. The van der Waals surface area contributed by atoms with Crippen LogP contribution in [-0.4, -0.2) is 71.4 Å². The molecule has 1 amide bonds. The Hall–Kier alpha value is -2.39. The zero-order valence-electron chi connectivity index (χ0n) is 19.9. The quantitative estimate of drug-likeness (QED) is 0.412. The van der Waals surface area contributed by atoms with Crippen molar-refractivity contribution in [3.8, 4) is 0 Å². The molecule has 11 nitrogen and oxygen atoms in total. The van der Waals surface area contributed by atoms with Crippen LogP contribution in [0.4, 0.5) is 0 Å². The second-order valence-electron chi connectivity index (χ2n) is 8.37. The van der Waals surface area contributed by atoms with Crippen LogP contribution in [0.5, 0.6) is 0 Å². The van der Waals surface area contributed by atoms with Gasteiger partial charge < -0.3 is 19.9 Å². The highest BCUT2D eigenvalue weighted by Gasteiger charge is 2.49. The van der Waals surface area contributed by atoms with Gasteiger partial charge in [-0.05, 0) is 24.6 Å². The molecule has 0 bridgehead atoms. The van der Waals surface area contributed by atoms with Crippen molar-refractivity contribution in [1.82, 2.24) is 5.32 Å². The molecular weight excluding hydrogens is 514 g/mol. The van der Waals surface area contributed by atoms with E-state index in [1.54, 1.807) is 49.4 Å². The highest BCUT2D eigenvalue weighted by atomic mass is 32.2. The van der Waals surface area contributed by atoms with E-state index in [1.165, 1.54) is 19.1 Å². The fraction of sp³-hybridized carbons (Fsp3) is 0.435. The molecule has 0 saturated carbocycles. The van der Waals surface area contributed by atoms with Crippen LogP contribution in [0.3, 0.4) is 0 Å². The Kier molecular flexibility index (Phi) is 9.22. The lowest BCUT2D eigenvalue weighted by Gasteiger charge is -2.44. The maximum Gasteiger partial charge on any atom is 0.297 e. The van der Waals surface area contributed by atoms with Crippen molar-refractivity contribution in [3.05, 3.63) is 65.7 Å². The van der Waals surface area contributed by atoms with Crippen molar-refractivity contribution in [2.24, 2.45) is 0 Å². The van der Waals surface area contributed by atoms with Gasteiger partial charge >= 0.3 is 0 Å². The van der Waals surface area contributed by atoms with Crippen molar-refractivity contribution in [3.63, 3.8) is 0 Å². The molecule has 1 aliphatic rings. The number of hydrogen-bond acceptors (Lipinski definition) is 10. The minimum absolute atomic E-state index is 0.0207. The van der Waals surface area contributed by atoms with Crippen LogP contribution in [0, 0.1) is 6.92 Å². The van der Waals surface area contributed by atoms with Gasteiger partial charge in [-0.1, -0.05) is 48.0 Å². The lowest BCUT2D eigenvalue weighted by Crippen LogP contribution is -2.65. The average molecular weight is 544 g/mol. The Balaban J connectivity index is 1.88. The highest BCUT2D eigenvalue weighted by Crippen LogP contribution is 2.28. The van der Waals surface area contributed by atoms with E-state index in [-0.39, 0.29) is 11.5 Å². The molecule has 2 aromatic carbocycles. The van der Waals surface area contributed by atoms with E-state index in [0.717, 1.165) is 17.4 Å². The molecule has 1 fully saturated rings. The zero-order valence-corrected chi connectivity index (χ0v) is 21.6. The van der Waals surface area contributed by atoms with Gasteiger partial charge in [-0.3, -0.25) is 13.2 Å². The number of carbonyl (C=O) groups is 1. The molecule has 36 heavy (non-hydrogen) atoms. The third-order valence-electron chi connectivity index (χ3n) is 5.30. The summed E-state index contributed by atoms with van der Waals surface area (Å²) in [7, 11) is -8.36. The summed E-state index contributed by atoms with van der Waals surface area (Å²) in [5.41, 5.74) is 1.57. The number of aryl methyl sites for hydroxylation is 1. The molecule has 198 valence electrons. The third-order valence-corrected chi connectivity index (χ3v) is 7.17. The molecule has 0 unspecified atom stereocenters. The second-order valence-corrected chi connectivity index (χ2v) is 11.6. The number of aliphatic hydroxyl groups is 1. The van der Waals surface area contributed by atoms with Crippen LogP contribution in [-0.2, 0) is 49.5 Å². The first-order valence-electron chi connectivity index (χ1n) is 11.0. The lowest BCUT2D eigenvalue weighted by molar-refractivity contribution is -0.256. The molecule has 5 atom stereocenters. The molecule has 0 aromatic heterocycles. The first kappa shape index (κ1) is 28.2. The Labute approximate surface area is 210 Å². The number of nitrogens with one attached hydrogen (secondary N) is 1. The van der Waals surface area contributed by atoms with Gasteiger partial charge in [0.15, 0.2) is 6.29 Å². The van der Waals surface area contributed by atoms with Crippen LogP contribution >= 0.6 is 0 Å². The van der Waals surface area contributed by atoms with Crippen molar-refractivity contribution in [1.29, 1.82) is 0 Å². The molecule has 1 aliphatic heterocycles. The van der Waals surface area contributed by atoms with Crippen molar-refractivity contribution >= 4 is 26.1 Å². The molecule has 0 aliphatic carbocycles. The maximum absolute atomic E-state index is 12.7. The number of rotatable bonds is 10. The van der Waals surface area contributed by atoms with Gasteiger partial charge in [0.1, 0.15) is 24.4 Å². The predicted octanol–water partition coefficient (Wildman–Crippen LogP) is 0.852. The summed E-state index contributed by atoms with van der Waals surface area (Å²) in [5, 5.41) is 13.1. The molecule has 0 radical (unpaired) electrons. The van der Waals surface area contributed by atoms with E-state index in [2.05, 4.69) is 5.32 Å². The van der Waals surface area contributed by atoms with Gasteiger partial charge in [0.2, 0.25) is 5.91 Å². The van der Waals surface area contributed by atoms with Gasteiger partial charge in [-0.2, -0.15) is 16.8 Å². The highest BCUT2D eigenvalue weighted by molar-refractivity contribution is 7.86. The van der Waals surface area contributed by atoms with E-state index in [4.69, 9.17) is 17.8 Å². The van der Waals surface area contributed by atoms with Gasteiger partial charge in [0.25, 0.3) is 20.2 Å². The summed E-state index contributed by atoms with van der Waals surface area (Å²) >= 11 is 0. The molecule has 2 N–H and O–H groups in total. The number of amides is 1. The lowest BCUT2D eigenvalue weighted by atomic mass is 9.96. The topological polar surface area (TPSA) is 155 Å². The SMILES string of the molecule is CC(=O)N[C@@H]1[C@@H](OCc2ccccc2)[C@H](OS(C)(=O)=O)[C@@H](COS(=O)(=O)c2ccc(C)cc2)O[C@@H]1O. The van der Waals surface area contributed by atoms with Gasteiger partial charge in [-0.15, -0.1) is 0 Å². The van der Waals surface area contributed by atoms with Crippen LogP contribution in [0.25, 0.3) is 0 Å². The van der Waals surface area contributed by atoms with Crippen LogP contribution in [0.1, 0.15) is 18.1 Å². The molecule has 2 aromatic rings. The second kappa shape index (κ2) is 11.8. The third kappa shape index (κ3) is 7.80. The fourth-order valence-corrected chi connectivity index (χ4v) is 5.21. The summed E-state index contributed by atoms with van der Waals surface area (Å²) in [6, 6.07) is 13.6. The minimum Gasteiger partial charge on any atom is -0.368 e. The molecule has 3 rings (SSSR count). The standard InChI is InChI=1S/C23H29NO10S2/c1-15-9-11-18(12-10-15)36(29,30)32-14-19-21(34-35(3,27)28)22(20(23(26)33-19)24-16(2)25)31-13-17-7-5-4-6-8-17/h4-12,19-23,26H,13-14H2,1-3H3,(H,24,25)/t19-,20-,21-,22-,23+/m1/s1. The summed E-state index contributed by atoms with van der Waals surface area (Å²) in [6.45, 7) is 2.29. The molecular formula is C23H29NO10S2. The van der Waals surface area contributed by atoms with Crippen LogP contribution in [0.2, 0.25) is 0 Å². The zero-order chi connectivity index (χ0) is 26.5. The van der Waals surface area contributed by atoms with E-state index in [9.17, 15) is 26.7 Å². The fourth-order valence-electron chi connectivity index (χ4n) is 3.65. The van der Waals surface area contributed by atoms with Gasteiger partial charge in [-0.25, -0.2) is 0 Å². The van der Waals surface area contributed by atoms with Crippen LogP contribution in [0.15, 0.2) is 59.5 Å². The summed E-state index contributed by atoms with van der Waals surface area (Å²) in [4.78, 5) is 11.7. The Morgan fingerprint density at radius 2 is 1.67 bits per heavy atom. The minimum atomic E-state index is -4.24. The number of aliphatic hydroxyl groups excluding tert-OH is 1. The normalized spacial score (nSPS) is 24.8. The average Bonchev–Trinajstić information content (AvgIpc) is 2.79. The van der Waals surface area contributed by atoms with E-state index < -0.39 is 63.4 Å². The molecule has 1 heterocycles. The van der Waals surface area contributed by atoms with Gasteiger partial charge in [0.05, 0.1) is 24.4 Å². The van der Waals surface area contributed by atoms with E-state index >= 15 is 0 Å². The maximum atomic E-state index is 12.7. The van der Waals surface area contributed by atoms with Crippen molar-refractivity contribution in [2.75, 3.05) is 12.9 Å². The van der Waals surface area contributed by atoms with Crippen molar-refractivity contribution in [2.45, 2.75) is 56.0 Å². The Morgan fingerprint density at radius 3 is 2.25 bits per heavy atom. The van der Waals surface area contributed by atoms with Gasteiger partial charge in [0, 0.05) is 6.92 Å². The van der Waals surface area contributed by atoms with E-state index in [0.29, 0.717) is 0 Å². The Morgan fingerprint density at radius 1 is 1.03 bits per heavy atom. The Bertz CT molecular complexity index is 1230. The van der Waals surface area contributed by atoms with Crippen LogP contribution < -0.4 is 5.32 Å². The largest absolute Gasteiger partial charge is 0.368 e. The number of benzene rings is 2. The molecule has 0 spiro atoms. The number of hydrogen-bond donors (Lipinski definition) is 2. The smallest absolute Gasteiger partial charge is 0.297 e.